The van der Waals surface area contributed by atoms with E-state index in [1.807, 2.05) is 62.4 Å². The van der Waals surface area contributed by atoms with Crippen LogP contribution in [0.1, 0.15) is 32.1 Å². The van der Waals surface area contributed by atoms with Crippen molar-refractivity contribution in [3.05, 3.63) is 83.4 Å². The first kappa shape index (κ1) is 26.7. The number of ether oxygens (including phenoxy) is 1. The van der Waals surface area contributed by atoms with Gasteiger partial charge >= 0.3 is 11.9 Å². The fourth-order valence-electron chi connectivity index (χ4n) is 3.26. The minimum Gasteiger partial charge on any atom is -0.476 e. The molecule has 0 saturated carbocycles. The maximum atomic E-state index is 11.7. The van der Waals surface area contributed by atoms with Crippen molar-refractivity contribution in [2.75, 3.05) is 31.8 Å². The van der Waals surface area contributed by atoms with Crippen LogP contribution < -0.4 is 10.6 Å². The van der Waals surface area contributed by atoms with E-state index in [0.717, 1.165) is 22.3 Å². The van der Waals surface area contributed by atoms with Gasteiger partial charge in [-0.25, -0.2) is 29.5 Å². The first-order valence-corrected chi connectivity index (χ1v) is 11.3. The Kier molecular flexibility index (Phi) is 8.82. The van der Waals surface area contributed by atoms with Crippen molar-refractivity contribution in [2.45, 2.75) is 13.8 Å². The summed E-state index contributed by atoms with van der Waals surface area (Å²) in [4.78, 5) is 39.4. The number of aryl methyl sites for hydroxylation is 2. The summed E-state index contributed by atoms with van der Waals surface area (Å²) in [5.41, 5.74) is 5.35. The minimum atomic E-state index is -1.10. The van der Waals surface area contributed by atoms with E-state index in [-0.39, 0.29) is 17.2 Å². The van der Waals surface area contributed by atoms with Gasteiger partial charge in [0.2, 0.25) is 0 Å². The molecule has 2 aromatic carbocycles. The Morgan fingerprint density at radius 1 is 0.730 bits per heavy atom. The Bertz CT molecular complexity index is 1390. The maximum Gasteiger partial charge on any atom is 0.360 e. The number of methoxy groups -OCH3 is 1. The van der Waals surface area contributed by atoms with Crippen LogP contribution in [0.4, 0.5) is 11.6 Å². The van der Waals surface area contributed by atoms with Crippen LogP contribution in [0.5, 0.6) is 0 Å². The van der Waals surface area contributed by atoms with Crippen LogP contribution in [0.2, 0.25) is 0 Å². The van der Waals surface area contributed by atoms with Gasteiger partial charge in [-0.1, -0.05) is 59.7 Å². The van der Waals surface area contributed by atoms with Crippen LogP contribution in [-0.2, 0) is 4.74 Å². The summed E-state index contributed by atoms with van der Waals surface area (Å²) in [5.74, 6) is -0.937. The number of benzene rings is 2. The minimum absolute atomic E-state index is 0.0735. The van der Waals surface area contributed by atoms with E-state index in [9.17, 15) is 9.59 Å². The number of rotatable bonds is 6. The molecular formula is C27H28N6O4. The number of carbonyl (C=O) groups is 2. The highest BCUT2D eigenvalue weighted by atomic mass is 16.5. The quantitative estimate of drug-likeness (QED) is 0.325. The van der Waals surface area contributed by atoms with Crippen molar-refractivity contribution in [2.24, 2.45) is 0 Å². The topological polar surface area (TPSA) is 139 Å². The second-order valence-corrected chi connectivity index (χ2v) is 7.93. The normalized spacial score (nSPS) is 10.1. The fourth-order valence-corrected chi connectivity index (χ4v) is 3.26. The first-order valence-electron chi connectivity index (χ1n) is 11.3. The highest BCUT2D eigenvalue weighted by molar-refractivity contribution is 5.93. The fraction of sp³-hybridized carbons (Fsp3) is 0.185. The molecule has 190 valence electrons. The molecule has 37 heavy (non-hydrogen) atoms. The molecule has 0 unspecified atom stereocenters. The first-order chi connectivity index (χ1) is 17.8. The Hall–Kier alpha value is -4.86. The number of esters is 1. The lowest BCUT2D eigenvalue weighted by Crippen LogP contribution is -2.10. The van der Waals surface area contributed by atoms with E-state index in [2.05, 4.69) is 30.6 Å². The summed E-state index contributed by atoms with van der Waals surface area (Å²) in [6.07, 6.45) is 3.19. The lowest BCUT2D eigenvalue weighted by atomic mass is 10.1. The van der Waals surface area contributed by atoms with Crippen LogP contribution in [0, 0.1) is 13.8 Å². The molecule has 0 spiro atoms. The lowest BCUT2D eigenvalue weighted by Gasteiger charge is -2.08. The summed E-state index contributed by atoms with van der Waals surface area (Å²) in [6.45, 7) is 4.00. The Balaban J connectivity index is 0.000000206. The number of carboxylic acid groups (broad SMARTS) is 1. The smallest absolute Gasteiger partial charge is 0.360 e. The zero-order valence-electron chi connectivity index (χ0n) is 21.2. The average Bonchev–Trinajstić information content (AvgIpc) is 2.93. The zero-order chi connectivity index (χ0) is 26.9. The largest absolute Gasteiger partial charge is 0.476 e. The predicted octanol–water partition coefficient (Wildman–Crippen LogP) is 4.47. The number of hydrogen-bond acceptors (Lipinski definition) is 9. The van der Waals surface area contributed by atoms with Crippen LogP contribution >= 0.6 is 0 Å². The molecule has 0 radical (unpaired) electrons. The molecule has 2 heterocycles. The Morgan fingerprint density at radius 2 is 1.14 bits per heavy atom. The van der Waals surface area contributed by atoms with Gasteiger partial charge in [-0.2, -0.15) is 0 Å². The number of aromatic nitrogens is 4. The molecule has 10 nitrogen and oxygen atoms in total. The van der Waals surface area contributed by atoms with E-state index in [4.69, 9.17) is 9.84 Å². The Morgan fingerprint density at radius 3 is 1.51 bits per heavy atom. The van der Waals surface area contributed by atoms with Gasteiger partial charge in [0, 0.05) is 25.2 Å². The molecule has 0 atom stereocenters. The summed E-state index contributed by atoms with van der Waals surface area (Å²) in [7, 11) is 4.62. The van der Waals surface area contributed by atoms with Crippen LogP contribution in [0.15, 0.2) is 60.9 Å². The van der Waals surface area contributed by atoms with Crippen LogP contribution in [0.3, 0.4) is 0 Å². The number of nitrogens with one attached hydrogen (secondary N) is 2. The van der Waals surface area contributed by atoms with Crippen LogP contribution in [0.25, 0.3) is 22.5 Å². The number of hydrogen-bond donors (Lipinski definition) is 3. The molecule has 4 rings (SSSR count). The molecule has 0 aliphatic rings. The highest BCUT2D eigenvalue weighted by Crippen LogP contribution is 2.21. The summed E-state index contributed by atoms with van der Waals surface area (Å²) >= 11 is 0. The SMILES string of the molecule is CNc1ncc(-c2ccc(C)cc2)nc1C(=O)O.CNc1ncc(-c2ccc(C)cc2)nc1C(=O)OC. The molecule has 0 aliphatic heterocycles. The zero-order valence-corrected chi connectivity index (χ0v) is 21.2. The lowest BCUT2D eigenvalue weighted by molar-refractivity contribution is 0.0594. The van der Waals surface area contributed by atoms with Crippen LogP contribution in [-0.4, -0.2) is 58.2 Å². The predicted molar refractivity (Wildman–Crippen MR) is 142 cm³/mol. The van der Waals surface area contributed by atoms with E-state index in [0.29, 0.717) is 17.2 Å². The third-order valence-corrected chi connectivity index (χ3v) is 5.29. The van der Waals surface area contributed by atoms with Gasteiger partial charge in [0.15, 0.2) is 23.0 Å². The van der Waals surface area contributed by atoms with E-state index < -0.39 is 11.9 Å². The molecule has 0 amide bonds. The van der Waals surface area contributed by atoms with Crippen molar-refractivity contribution >= 4 is 23.6 Å². The van der Waals surface area contributed by atoms with E-state index >= 15 is 0 Å². The van der Waals surface area contributed by atoms with Crippen molar-refractivity contribution in [3.63, 3.8) is 0 Å². The van der Waals surface area contributed by atoms with Crippen molar-refractivity contribution in [3.8, 4) is 22.5 Å². The van der Waals surface area contributed by atoms with Gasteiger partial charge in [0.1, 0.15) is 0 Å². The summed E-state index contributed by atoms with van der Waals surface area (Å²) in [6, 6.07) is 15.5. The van der Waals surface area contributed by atoms with E-state index in [1.54, 1.807) is 26.5 Å². The monoisotopic (exact) mass is 500 g/mol. The molecule has 0 aliphatic carbocycles. The second-order valence-electron chi connectivity index (χ2n) is 7.93. The van der Waals surface area contributed by atoms with Gasteiger partial charge in [-0.3, -0.25) is 0 Å². The van der Waals surface area contributed by atoms with Gasteiger partial charge in [0.25, 0.3) is 0 Å². The number of carbonyl (C=O) groups excluding carboxylic acids is 1. The molecule has 4 aromatic rings. The van der Waals surface area contributed by atoms with Gasteiger partial charge in [-0.05, 0) is 13.8 Å². The van der Waals surface area contributed by atoms with Crippen molar-refractivity contribution in [1.82, 2.24) is 19.9 Å². The third kappa shape index (κ3) is 6.63. The highest BCUT2D eigenvalue weighted by Gasteiger charge is 2.16. The van der Waals surface area contributed by atoms with Gasteiger partial charge in [0.05, 0.1) is 30.9 Å². The maximum absolute atomic E-state index is 11.7. The van der Waals surface area contributed by atoms with Gasteiger partial charge < -0.3 is 20.5 Å². The number of carboxylic acids is 1. The van der Waals surface area contributed by atoms with E-state index in [1.165, 1.54) is 7.11 Å². The summed E-state index contributed by atoms with van der Waals surface area (Å²) in [5, 5.41) is 14.6. The van der Waals surface area contributed by atoms with Crippen molar-refractivity contribution in [1.29, 1.82) is 0 Å². The number of anilines is 2. The Labute approximate surface area is 214 Å². The van der Waals surface area contributed by atoms with Crippen molar-refractivity contribution < 1.29 is 19.4 Å². The molecular weight excluding hydrogens is 472 g/mol. The third-order valence-electron chi connectivity index (χ3n) is 5.29. The second kappa shape index (κ2) is 12.2. The molecule has 2 aromatic heterocycles. The number of aromatic carboxylic acids is 1. The number of nitrogens with zero attached hydrogens (tertiary/aromatic N) is 4. The molecule has 10 heteroatoms. The molecule has 0 saturated heterocycles. The standard InChI is InChI=1S/C14H15N3O2.C13H13N3O2/c1-9-4-6-10(7-5-9)11-8-16-13(15-2)12(17-11)14(18)19-3;1-8-3-5-9(6-4-8)10-7-15-12(14-2)11(16-10)13(17)18/h4-8H,1-3H3,(H,15,16);3-7H,1-2H3,(H,14,15)(H,17,18). The average molecular weight is 501 g/mol. The summed E-state index contributed by atoms with van der Waals surface area (Å²) < 4.78 is 4.71. The molecule has 0 fully saturated rings. The van der Waals surface area contributed by atoms with Gasteiger partial charge in [-0.15, -0.1) is 0 Å². The molecule has 3 N–H and O–H groups in total. The molecule has 0 bridgehead atoms.